The lowest BCUT2D eigenvalue weighted by Crippen LogP contribution is -2.42. The molecule has 9 heteroatoms. The van der Waals surface area contributed by atoms with Crippen LogP contribution in [-0.2, 0) is 22.4 Å². The number of rotatable bonds is 16. The number of hydrogen-bond donors (Lipinski definition) is 2. The Labute approximate surface area is 263 Å². The molecule has 1 fully saturated rings. The van der Waals surface area contributed by atoms with Crippen LogP contribution < -0.4 is 10.1 Å². The maximum atomic E-state index is 15.1. The Morgan fingerprint density at radius 3 is 2.70 bits per heavy atom. The van der Waals surface area contributed by atoms with Gasteiger partial charge in [0.25, 0.3) is 0 Å². The number of pyridine rings is 1. The van der Waals surface area contributed by atoms with Crippen LogP contribution in [0.2, 0.25) is 0 Å². The number of aliphatic carboxylic acids is 1. The zero-order valence-corrected chi connectivity index (χ0v) is 27.6. The minimum atomic E-state index is -0.984. The number of aryl methyl sites for hydroxylation is 2. The summed E-state index contributed by atoms with van der Waals surface area (Å²) in [5.74, 6) is -0.354. The SMILES string of the molecule is COc1c(F)cc(C(C)C)cc1[C@H](C(=O)O)N1CC[C@@H](N(CCCCCc2ccc3c(n2)NCCC3)CCC(C)(C)OC)C1. The van der Waals surface area contributed by atoms with E-state index in [9.17, 15) is 9.90 Å². The predicted octanol–water partition coefficient (Wildman–Crippen LogP) is 6.44. The summed E-state index contributed by atoms with van der Waals surface area (Å²) in [6, 6.07) is 6.90. The Morgan fingerprint density at radius 2 is 2.00 bits per heavy atom. The molecular weight excluding hydrogens is 559 g/mol. The number of anilines is 1. The molecule has 0 amide bonds. The van der Waals surface area contributed by atoms with Crippen LogP contribution in [0.4, 0.5) is 10.2 Å². The van der Waals surface area contributed by atoms with Crippen molar-refractivity contribution < 1.29 is 23.8 Å². The third kappa shape index (κ3) is 8.70. The van der Waals surface area contributed by atoms with Crippen LogP contribution in [-0.4, -0.2) is 84.4 Å². The van der Waals surface area contributed by atoms with Crippen molar-refractivity contribution in [2.45, 2.75) is 103 Å². The molecule has 2 N–H and O–H groups in total. The lowest BCUT2D eigenvalue weighted by Gasteiger charge is -2.33. The maximum absolute atomic E-state index is 15.1. The summed E-state index contributed by atoms with van der Waals surface area (Å²) in [5, 5.41) is 13.8. The summed E-state index contributed by atoms with van der Waals surface area (Å²) in [7, 11) is 3.15. The summed E-state index contributed by atoms with van der Waals surface area (Å²) in [6.45, 7) is 12.2. The second-order valence-corrected chi connectivity index (χ2v) is 13.4. The number of methoxy groups -OCH3 is 2. The first-order chi connectivity index (χ1) is 21.0. The number of nitrogens with zero attached hydrogens (tertiary/aromatic N) is 3. The maximum Gasteiger partial charge on any atom is 0.325 e. The molecule has 44 heavy (non-hydrogen) atoms. The van der Waals surface area contributed by atoms with E-state index in [4.69, 9.17) is 14.5 Å². The summed E-state index contributed by atoms with van der Waals surface area (Å²) in [6.07, 6.45) is 8.22. The summed E-state index contributed by atoms with van der Waals surface area (Å²) < 4.78 is 26.2. The highest BCUT2D eigenvalue weighted by Crippen LogP contribution is 2.37. The Hall–Kier alpha value is -2.75. The number of carbonyl (C=O) groups is 1. The van der Waals surface area contributed by atoms with Gasteiger partial charge in [-0.3, -0.25) is 14.6 Å². The average molecular weight is 613 g/mol. The van der Waals surface area contributed by atoms with E-state index in [1.54, 1.807) is 7.11 Å². The third-order valence-electron chi connectivity index (χ3n) is 9.45. The van der Waals surface area contributed by atoms with Gasteiger partial charge in [-0.2, -0.15) is 0 Å². The molecule has 0 radical (unpaired) electrons. The number of nitrogens with one attached hydrogen (secondary N) is 1. The topological polar surface area (TPSA) is 87.2 Å². The van der Waals surface area contributed by atoms with E-state index in [0.29, 0.717) is 18.7 Å². The molecule has 0 unspecified atom stereocenters. The van der Waals surface area contributed by atoms with Gasteiger partial charge in [0.15, 0.2) is 11.6 Å². The van der Waals surface area contributed by atoms with E-state index in [1.165, 1.54) is 25.2 Å². The van der Waals surface area contributed by atoms with Gasteiger partial charge in [0.1, 0.15) is 11.9 Å². The summed E-state index contributed by atoms with van der Waals surface area (Å²) >= 11 is 0. The van der Waals surface area contributed by atoms with Crippen molar-refractivity contribution in [3.8, 4) is 5.75 Å². The van der Waals surface area contributed by atoms with E-state index in [0.717, 1.165) is 81.7 Å². The van der Waals surface area contributed by atoms with Gasteiger partial charge in [-0.15, -0.1) is 0 Å². The summed E-state index contributed by atoms with van der Waals surface area (Å²) in [4.78, 5) is 22.1. The van der Waals surface area contributed by atoms with Crippen molar-refractivity contribution in [2.24, 2.45) is 0 Å². The van der Waals surface area contributed by atoms with Gasteiger partial charge in [-0.1, -0.05) is 26.3 Å². The molecule has 1 aromatic heterocycles. The molecule has 244 valence electrons. The monoisotopic (exact) mass is 612 g/mol. The lowest BCUT2D eigenvalue weighted by molar-refractivity contribution is -0.143. The fraction of sp³-hybridized carbons (Fsp3) is 0.657. The van der Waals surface area contributed by atoms with Crippen LogP contribution in [0.15, 0.2) is 24.3 Å². The number of unbranched alkanes of at least 4 members (excludes halogenated alkanes) is 2. The number of halogens is 1. The standard InChI is InChI=1S/C35H53FN4O4/c1-24(2)26-21-29(32(43-5)30(36)22-26)31(34(41)42)40-19-15-28(23-40)39(20-16-35(3,4)44-6)18-9-7-8-12-27-14-13-25-11-10-17-37-33(25)38-27/h13-14,21-22,24,28,31H,7-12,15-20,23H2,1-6H3,(H,37,38)(H,41,42)/t28-,31-/m1/s1. The molecule has 3 heterocycles. The fourth-order valence-corrected chi connectivity index (χ4v) is 6.47. The molecule has 1 saturated heterocycles. The third-order valence-corrected chi connectivity index (χ3v) is 9.45. The van der Waals surface area contributed by atoms with Crippen LogP contribution >= 0.6 is 0 Å². The van der Waals surface area contributed by atoms with Gasteiger partial charge in [-0.05, 0) is 101 Å². The Kier molecular flexibility index (Phi) is 12.0. The molecule has 1 aromatic carbocycles. The largest absolute Gasteiger partial charge is 0.493 e. The fourth-order valence-electron chi connectivity index (χ4n) is 6.47. The van der Waals surface area contributed by atoms with E-state index < -0.39 is 17.8 Å². The number of hydrogen-bond acceptors (Lipinski definition) is 7. The van der Waals surface area contributed by atoms with Gasteiger partial charge < -0.3 is 19.9 Å². The molecule has 0 aliphatic carbocycles. The van der Waals surface area contributed by atoms with E-state index in [-0.39, 0.29) is 23.3 Å². The first kappa shape index (κ1) is 34.1. The minimum Gasteiger partial charge on any atom is -0.493 e. The van der Waals surface area contributed by atoms with Crippen molar-refractivity contribution in [3.05, 3.63) is 52.5 Å². The van der Waals surface area contributed by atoms with Crippen molar-refractivity contribution in [2.75, 3.05) is 52.3 Å². The smallest absolute Gasteiger partial charge is 0.325 e. The Morgan fingerprint density at radius 1 is 1.20 bits per heavy atom. The minimum absolute atomic E-state index is 0.0214. The zero-order chi connectivity index (χ0) is 31.9. The van der Waals surface area contributed by atoms with Crippen LogP contribution in [0, 0.1) is 5.82 Å². The van der Waals surface area contributed by atoms with Crippen LogP contribution in [0.5, 0.6) is 5.75 Å². The number of carboxylic acids is 1. The molecule has 8 nitrogen and oxygen atoms in total. The number of aromatic nitrogens is 1. The molecule has 0 saturated carbocycles. The highest BCUT2D eigenvalue weighted by Gasteiger charge is 2.38. The second-order valence-electron chi connectivity index (χ2n) is 13.4. The van der Waals surface area contributed by atoms with Crippen LogP contribution in [0.25, 0.3) is 0 Å². The molecular formula is C35H53FN4O4. The molecule has 2 aliphatic heterocycles. The molecule has 0 spiro atoms. The molecule has 0 bridgehead atoms. The normalized spacial score (nSPS) is 18.0. The zero-order valence-electron chi connectivity index (χ0n) is 27.6. The van der Waals surface area contributed by atoms with Gasteiger partial charge in [0.2, 0.25) is 0 Å². The molecule has 2 atom stereocenters. The van der Waals surface area contributed by atoms with E-state index in [2.05, 4.69) is 36.2 Å². The Balaban J connectivity index is 1.41. The predicted molar refractivity (Wildman–Crippen MR) is 173 cm³/mol. The van der Waals surface area contributed by atoms with Crippen molar-refractivity contribution in [3.63, 3.8) is 0 Å². The van der Waals surface area contributed by atoms with Crippen molar-refractivity contribution >= 4 is 11.8 Å². The van der Waals surface area contributed by atoms with Gasteiger partial charge in [-0.25, -0.2) is 9.37 Å². The first-order valence-corrected chi connectivity index (χ1v) is 16.4. The average Bonchev–Trinajstić information content (AvgIpc) is 3.47. The van der Waals surface area contributed by atoms with Crippen LogP contribution in [0.3, 0.4) is 0 Å². The van der Waals surface area contributed by atoms with Gasteiger partial charge in [0, 0.05) is 50.6 Å². The number of benzene rings is 1. The number of ether oxygens (including phenoxy) is 2. The Bertz CT molecular complexity index is 1250. The number of fused-ring (bicyclic) bond motifs is 1. The number of carboxylic acid groups (broad SMARTS) is 1. The van der Waals surface area contributed by atoms with Crippen LogP contribution in [0.1, 0.15) is 101 Å². The van der Waals surface area contributed by atoms with E-state index in [1.807, 2.05) is 24.8 Å². The molecule has 2 aliphatic rings. The van der Waals surface area contributed by atoms with Crippen molar-refractivity contribution in [1.29, 1.82) is 0 Å². The molecule has 4 rings (SSSR count). The van der Waals surface area contributed by atoms with E-state index >= 15 is 4.39 Å². The number of likely N-dealkylation sites (tertiary alicyclic amines) is 1. The highest BCUT2D eigenvalue weighted by atomic mass is 19.1. The first-order valence-electron chi connectivity index (χ1n) is 16.4. The molecule has 2 aromatic rings. The highest BCUT2D eigenvalue weighted by molar-refractivity contribution is 5.77. The second kappa shape index (κ2) is 15.5. The van der Waals surface area contributed by atoms with Gasteiger partial charge >= 0.3 is 5.97 Å². The quantitative estimate of drug-likeness (QED) is 0.210. The lowest BCUT2D eigenvalue weighted by atomic mass is 9.95. The van der Waals surface area contributed by atoms with Gasteiger partial charge in [0.05, 0.1) is 12.7 Å². The van der Waals surface area contributed by atoms with Crippen molar-refractivity contribution in [1.82, 2.24) is 14.8 Å². The summed E-state index contributed by atoms with van der Waals surface area (Å²) in [5.41, 5.74) is 3.39.